The molecule has 0 aliphatic heterocycles. The molecule has 3 nitrogen and oxygen atoms in total. The molecule has 0 radical (unpaired) electrons. The molecule has 0 amide bonds. The number of Topliss-reactive ketones (excluding diaryl/α,β-unsaturated/α-hetero) is 1. The van der Waals surface area contributed by atoms with Crippen molar-refractivity contribution in [1.82, 2.24) is 0 Å². The quantitative estimate of drug-likeness (QED) is 0.744. The molecule has 0 aliphatic carbocycles. The van der Waals surface area contributed by atoms with Crippen molar-refractivity contribution in [2.75, 3.05) is 6.61 Å². The van der Waals surface area contributed by atoms with Crippen molar-refractivity contribution in [3.8, 4) is 11.5 Å². The summed E-state index contributed by atoms with van der Waals surface area (Å²) in [5.74, 6) is 1.68. The number of hydrogen-bond acceptors (Lipinski definition) is 3. The molecule has 1 aromatic rings. The number of carbonyl (C=O) groups excluding carboxylic acids is 1. The summed E-state index contributed by atoms with van der Waals surface area (Å²) in [5.41, 5.74) is 0.974. The highest BCUT2D eigenvalue weighted by atomic mass is 16.5. The van der Waals surface area contributed by atoms with Crippen LogP contribution in [-0.2, 0) is 11.2 Å². The molecule has 0 saturated carbocycles. The van der Waals surface area contributed by atoms with E-state index < -0.39 is 0 Å². The fourth-order valence-electron chi connectivity index (χ4n) is 1.63. The molecule has 1 aromatic carbocycles. The molecular formula is C15H22O3. The number of carbonyl (C=O) groups is 1. The third kappa shape index (κ3) is 4.40. The van der Waals surface area contributed by atoms with Crippen LogP contribution in [-0.4, -0.2) is 18.5 Å². The second-order valence-electron chi connectivity index (χ2n) is 4.45. The second-order valence-corrected chi connectivity index (χ2v) is 4.45. The Bertz CT molecular complexity index is 397. The smallest absolute Gasteiger partial charge is 0.161 e. The van der Waals surface area contributed by atoms with Crippen molar-refractivity contribution in [1.29, 1.82) is 0 Å². The molecule has 0 heterocycles. The topological polar surface area (TPSA) is 35.5 Å². The molecule has 18 heavy (non-hydrogen) atoms. The molecule has 3 heteroatoms. The zero-order chi connectivity index (χ0) is 13.5. The number of benzene rings is 1. The first kappa shape index (κ1) is 14.6. The fraction of sp³-hybridized carbons (Fsp3) is 0.533. The minimum absolute atomic E-state index is 0.104. The molecule has 0 spiro atoms. The average molecular weight is 250 g/mol. The van der Waals surface area contributed by atoms with Gasteiger partial charge < -0.3 is 9.47 Å². The van der Waals surface area contributed by atoms with Gasteiger partial charge in [0.25, 0.3) is 0 Å². The molecule has 0 aliphatic rings. The van der Waals surface area contributed by atoms with Gasteiger partial charge in [-0.2, -0.15) is 0 Å². The SMILES string of the molecule is CCOc1cc(CC(=O)CC)ccc1OC(C)C. The molecule has 0 aromatic heterocycles. The average Bonchev–Trinajstić information content (AvgIpc) is 2.32. The molecule has 0 N–H and O–H groups in total. The third-order valence-electron chi connectivity index (χ3n) is 2.47. The van der Waals surface area contributed by atoms with Gasteiger partial charge >= 0.3 is 0 Å². The van der Waals surface area contributed by atoms with Crippen molar-refractivity contribution in [2.24, 2.45) is 0 Å². The number of ether oxygens (including phenoxy) is 2. The van der Waals surface area contributed by atoms with Gasteiger partial charge in [-0.25, -0.2) is 0 Å². The maximum atomic E-state index is 11.4. The highest BCUT2D eigenvalue weighted by molar-refractivity contribution is 5.80. The number of ketones is 1. The predicted octanol–water partition coefficient (Wildman–Crippen LogP) is 3.39. The van der Waals surface area contributed by atoms with Crippen molar-refractivity contribution >= 4 is 5.78 Å². The standard InChI is InChI=1S/C15H22O3/c1-5-13(16)9-12-7-8-14(18-11(3)4)15(10-12)17-6-2/h7-8,10-11H,5-6,9H2,1-4H3. The Morgan fingerprint density at radius 2 is 1.94 bits per heavy atom. The van der Waals surface area contributed by atoms with Gasteiger partial charge in [-0.15, -0.1) is 0 Å². The first-order valence-electron chi connectivity index (χ1n) is 6.50. The highest BCUT2D eigenvalue weighted by Gasteiger charge is 2.09. The van der Waals surface area contributed by atoms with E-state index in [-0.39, 0.29) is 11.9 Å². The summed E-state index contributed by atoms with van der Waals surface area (Å²) in [6, 6.07) is 5.70. The van der Waals surface area contributed by atoms with Crippen LogP contribution in [0.25, 0.3) is 0 Å². The van der Waals surface area contributed by atoms with E-state index in [1.807, 2.05) is 45.9 Å². The van der Waals surface area contributed by atoms with Gasteiger partial charge in [-0.05, 0) is 38.5 Å². The largest absolute Gasteiger partial charge is 0.490 e. The molecule has 0 bridgehead atoms. The van der Waals surface area contributed by atoms with Gasteiger partial charge in [0, 0.05) is 12.8 Å². The summed E-state index contributed by atoms with van der Waals surface area (Å²) in [6.07, 6.45) is 1.12. The first-order chi connectivity index (χ1) is 8.56. The number of hydrogen-bond donors (Lipinski definition) is 0. The van der Waals surface area contributed by atoms with Crippen LogP contribution < -0.4 is 9.47 Å². The van der Waals surface area contributed by atoms with Crippen LogP contribution in [0.15, 0.2) is 18.2 Å². The van der Waals surface area contributed by atoms with E-state index in [9.17, 15) is 4.79 Å². The van der Waals surface area contributed by atoms with E-state index in [2.05, 4.69) is 0 Å². The Kier molecular flexibility index (Phi) is 5.69. The Balaban J connectivity index is 2.91. The van der Waals surface area contributed by atoms with Gasteiger partial charge in [0.05, 0.1) is 12.7 Å². The van der Waals surface area contributed by atoms with Gasteiger partial charge in [0.15, 0.2) is 11.5 Å². The van der Waals surface area contributed by atoms with Crippen molar-refractivity contribution in [2.45, 2.75) is 46.6 Å². The van der Waals surface area contributed by atoms with Crippen LogP contribution in [0.3, 0.4) is 0 Å². The first-order valence-corrected chi connectivity index (χ1v) is 6.50. The van der Waals surface area contributed by atoms with Crippen molar-refractivity contribution in [3.05, 3.63) is 23.8 Å². The van der Waals surface area contributed by atoms with Gasteiger partial charge in [-0.3, -0.25) is 4.79 Å². The number of rotatable bonds is 7. The van der Waals surface area contributed by atoms with E-state index in [4.69, 9.17) is 9.47 Å². The van der Waals surface area contributed by atoms with E-state index in [1.165, 1.54) is 0 Å². The summed E-state index contributed by atoms with van der Waals surface area (Å²) < 4.78 is 11.2. The molecule has 0 atom stereocenters. The Morgan fingerprint density at radius 3 is 2.50 bits per heavy atom. The maximum Gasteiger partial charge on any atom is 0.161 e. The van der Waals surface area contributed by atoms with Crippen LogP contribution in [0.1, 0.15) is 39.7 Å². The lowest BCUT2D eigenvalue weighted by atomic mass is 10.1. The summed E-state index contributed by atoms with van der Waals surface area (Å²) in [4.78, 5) is 11.4. The monoisotopic (exact) mass is 250 g/mol. The Hall–Kier alpha value is -1.51. The Labute approximate surface area is 109 Å². The van der Waals surface area contributed by atoms with Crippen LogP contribution in [0.4, 0.5) is 0 Å². The minimum atomic E-state index is 0.104. The summed E-state index contributed by atoms with van der Waals surface area (Å²) in [7, 11) is 0. The molecular weight excluding hydrogens is 228 g/mol. The molecule has 0 unspecified atom stereocenters. The summed E-state index contributed by atoms with van der Waals surface area (Å²) in [6.45, 7) is 8.35. The second kappa shape index (κ2) is 7.04. The lowest BCUT2D eigenvalue weighted by Gasteiger charge is -2.15. The normalized spacial score (nSPS) is 10.5. The van der Waals surface area contributed by atoms with E-state index in [0.717, 1.165) is 11.3 Å². The van der Waals surface area contributed by atoms with Gasteiger partial charge in [0.1, 0.15) is 5.78 Å². The zero-order valence-electron chi connectivity index (χ0n) is 11.7. The van der Waals surface area contributed by atoms with E-state index in [1.54, 1.807) is 0 Å². The van der Waals surface area contributed by atoms with E-state index >= 15 is 0 Å². The molecule has 0 fully saturated rings. The van der Waals surface area contributed by atoms with Gasteiger partial charge in [-0.1, -0.05) is 13.0 Å². The third-order valence-corrected chi connectivity index (χ3v) is 2.47. The molecule has 100 valence electrons. The predicted molar refractivity (Wildman–Crippen MR) is 72.4 cm³/mol. The van der Waals surface area contributed by atoms with Crippen LogP contribution in [0.2, 0.25) is 0 Å². The summed E-state index contributed by atoms with van der Waals surface area (Å²) >= 11 is 0. The van der Waals surface area contributed by atoms with Crippen molar-refractivity contribution in [3.63, 3.8) is 0 Å². The zero-order valence-corrected chi connectivity index (χ0v) is 11.7. The van der Waals surface area contributed by atoms with Crippen LogP contribution in [0, 0.1) is 0 Å². The van der Waals surface area contributed by atoms with Crippen LogP contribution in [0.5, 0.6) is 11.5 Å². The highest BCUT2D eigenvalue weighted by Crippen LogP contribution is 2.29. The minimum Gasteiger partial charge on any atom is -0.490 e. The lowest BCUT2D eigenvalue weighted by Crippen LogP contribution is -2.08. The van der Waals surface area contributed by atoms with Crippen molar-refractivity contribution < 1.29 is 14.3 Å². The summed E-state index contributed by atoms with van der Waals surface area (Å²) in [5, 5.41) is 0. The fourth-order valence-corrected chi connectivity index (χ4v) is 1.63. The van der Waals surface area contributed by atoms with Gasteiger partial charge in [0.2, 0.25) is 0 Å². The van der Waals surface area contributed by atoms with E-state index in [0.29, 0.717) is 25.2 Å². The lowest BCUT2D eigenvalue weighted by molar-refractivity contribution is -0.118. The molecule has 1 rings (SSSR count). The Morgan fingerprint density at radius 1 is 1.22 bits per heavy atom. The maximum absolute atomic E-state index is 11.4. The van der Waals surface area contributed by atoms with Crippen LogP contribution >= 0.6 is 0 Å². The molecule has 0 saturated heterocycles.